The van der Waals surface area contributed by atoms with Crippen LogP contribution in [0.5, 0.6) is 0 Å². The molecule has 0 saturated carbocycles. The first-order valence-electron chi connectivity index (χ1n) is 7.74. The lowest BCUT2D eigenvalue weighted by molar-refractivity contribution is 0.552. The van der Waals surface area contributed by atoms with Gasteiger partial charge < -0.3 is 0 Å². The van der Waals surface area contributed by atoms with E-state index in [4.69, 9.17) is 11.6 Å². The second-order valence-electron chi connectivity index (χ2n) is 5.62. The van der Waals surface area contributed by atoms with Crippen molar-refractivity contribution in [2.75, 3.05) is 0 Å². The number of rotatable bonds is 7. The highest BCUT2D eigenvalue weighted by atomic mass is 35.5. The first-order valence-corrected chi connectivity index (χ1v) is 10.4. The molecule has 6 heteroatoms. The van der Waals surface area contributed by atoms with Gasteiger partial charge in [-0.05, 0) is 42.0 Å². The molecule has 0 fully saturated rings. The third kappa shape index (κ3) is 4.57. The van der Waals surface area contributed by atoms with Crippen LogP contribution in [0.15, 0.2) is 40.6 Å². The standard InChI is InChI=1S/C17H22ClNO2S2/c1-4-12(3)13-6-8-14(9-7-13)15(5-2)19-23(20,21)17-11-10-16(18)22-17/h6-12,15,19H,4-5H2,1-3H3. The van der Waals surface area contributed by atoms with E-state index in [0.717, 1.165) is 23.3 Å². The Labute approximate surface area is 147 Å². The van der Waals surface area contributed by atoms with Crippen LogP contribution in [0, 0.1) is 0 Å². The van der Waals surface area contributed by atoms with Gasteiger partial charge in [0.1, 0.15) is 4.21 Å². The van der Waals surface area contributed by atoms with E-state index in [1.807, 2.05) is 19.1 Å². The van der Waals surface area contributed by atoms with Crippen LogP contribution in [-0.4, -0.2) is 8.42 Å². The molecule has 0 radical (unpaired) electrons. The van der Waals surface area contributed by atoms with Gasteiger partial charge in [-0.25, -0.2) is 13.1 Å². The number of nitrogens with one attached hydrogen (secondary N) is 1. The summed E-state index contributed by atoms with van der Waals surface area (Å²) in [6.45, 7) is 6.32. The lowest BCUT2D eigenvalue weighted by atomic mass is 9.96. The van der Waals surface area contributed by atoms with E-state index in [2.05, 4.69) is 30.7 Å². The van der Waals surface area contributed by atoms with Crippen LogP contribution in [0.25, 0.3) is 0 Å². The first-order chi connectivity index (χ1) is 10.9. The van der Waals surface area contributed by atoms with Crippen LogP contribution in [0.1, 0.15) is 56.7 Å². The summed E-state index contributed by atoms with van der Waals surface area (Å²) in [7, 11) is -3.55. The number of sulfonamides is 1. The van der Waals surface area contributed by atoms with Crippen molar-refractivity contribution in [2.24, 2.45) is 0 Å². The van der Waals surface area contributed by atoms with E-state index in [9.17, 15) is 8.42 Å². The van der Waals surface area contributed by atoms with Gasteiger partial charge in [-0.2, -0.15) is 0 Å². The first kappa shape index (κ1) is 18.5. The van der Waals surface area contributed by atoms with Crippen molar-refractivity contribution in [1.29, 1.82) is 0 Å². The molecule has 1 heterocycles. The van der Waals surface area contributed by atoms with Crippen molar-refractivity contribution in [1.82, 2.24) is 4.72 Å². The van der Waals surface area contributed by atoms with E-state index in [1.54, 1.807) is 6.07 Å². The molecular formula is C17H22ClNO2S2. The summed E-state index contributed by atoms with van der Waals surface area (Å²) in [6.07, 6.45) is 1.77. The third-order valence-electron chi connectivity index (χ3n) is 4.04. The van der Waals surface area contributed by atoms with Gasteiger partial charge in [-0.15, -0.1) is 11.3 Å². The molecule has 2 unspecified atom stereocenters. The van der Waals surface area contributed by atoms with Crippen LogP contribution in [0.2, 0.25) is 4.34 Å². The molecule has 3 nitrogen and oxygen atoms in total. The molecule has 0 aliphatic rings. The lowest BCUT2D eigenvalue weighted by Gasteiger charge is -2.18. The normalized spacial score (nSPS) is 14.6. The highest BCUT2D eigenvalue weighted by Crippen LogP contribution is 2.28. The molecule has 0 aliphatic carbocycles. The predicted octanol–water partition coefficient (Wildman–Crippen LogP) is 5.34. The van der Waals surface area contributed by atoms with E-state index >= 15 is 0 Å². The largest absolute Gasteiger partial charge is 0.250 e. The summed E-state index contributed by atoms with van der Waals surface area (Å²) in [4.78, 5) is 0. The molecule has 1 aromatic carbocycles. The summed E-state index contributed by atoms with van der Waals surface area (Å²) < 4.78 is 28.4. The molecule has 0 amide bonds. The molecule has 0 bridgehead atoms. The summed E-state index contributed by atoms with van der Waals surface area (Å²) in [6, 6.07) is 11.1. The fourth-order valence-corrected chi connectivity index (χ4v) is 5.17. The third-order valence-corrected chi connectivity index (χ3v) is 7.23. The monoisotopic (exact) mass is 371 g/mol. The zero-order chi connectivity index (χ0) is 17.0. The molecule has 2 rings (SSSR count). The van der Waals surface area contributed by atoms with Crippen LogP contribution >= 0.6 is 22.9 Å². The predicted molar refractivity (Wildman–Crippen MR) is 97.8 cm³/mol. The fourth-order valence-electron chi connectivity index (χ4n) is 2.37. The molecular weight excluding hydrogens is 350 g/mol. The molecule has 2 atom stereocenters. The molecule has 1 N–H and O–H groups in total. The van der Waals surface area contributed by atoms with Crippen molar-refractivity contribution in [3.63, 3.8) is 0 Å². The maximum absolute atomic E-state index is 12.5. The van der Waals surface area contributed by atoms with Crippen molar-refractivity contribution in [3.05, 3.63) is 51.9 Å². The maximum atomic E-state index is 12.5. The average molecular weight is 372 g/mol. The quantitative estimate of drug-likeness (QED) is 0.713. The maximum Gasteiger partial charge on any atom is 0.250 e. The molecule has 0 spiro atoms. The topological polar surface area (TPSA) is 46.2 Å². The van der Waals surface area contributed by atoms with E-state index in [-0.39, 0.29) is 10.3 Å². The smallest absolute Gasteiger partial charge is 0.206 e. The Morgan fingerprint density at radius 1 is 1.04 bits per heavy atom. The van der Waals surface area contributed by atoms with Gasteiger partial charge in [-0.1, -0.05) is 56.6 Å². The van der Waals surface area contributed by atoms with Crippen LogP contribution in [0.4, 0.5) is 0 Å². The Morgan fingerprint density at radius 3 is 2.13 bits per heavy atom. The molecule has 0 aliphatic heterocycles. The van der Waals surface area contributed by atoms with Crippen LogP contribution in [0.3, 0.4) is 0 Å². The second kappa shape index (κ2) is 7.79. The van der Waals surface area contributed by atoms with Crippen molar-refractivity contribution < 1.29 is 8.42 Å². The Balaban J connectivity index is 2.19. The summed E-state index contributed by atoms with van der Waals surface area (Å²) in [5.74, 6) is 0.508. The summed E-state index contributed by atoms with van der Waals surface area (Å²) in [5, 5.41) is 0. The summed E-state index contributed by atoms with van der Waals surface area (Å²) in [5.41, 5.74) is 2.25. The number of benzene rings is 1. The van der Waals surface area contributed by atoms with Gasteiger partial charge in [0.05, 0.1) is 4.34 Å². The molecule has 23 heavy (non-hydrogen) atoms. The van der Waals surface area contributed by atoms with Gasteiger partial charge >= 0.3 is 0 Å². The number of thiophene rings is 1. The van der Waals surface area contributed by atoms with Crippen LogP contribution in [-0.2, 0) is 10.0 Å². The number of halogens is 1. The Morgan fingerprint density at radius 2 is 1.65 bits per heavy atom. The van der Waals surface area contributed by atoms with Gasteiger partial charge in [0.15, 0.2) is 0 Å². The minimum atomic E-state index is -3.55. The average Bonchev–Trinajstić information content (AvgIpc) is 2.99. The van der Waals surface area contributed by atoms with Crippen molar-refractivity contribution >= 4 is 33.0 Å². The number of hydrogen-bond acceptors (Lipinski definition) is 3. The zero-order valence-electron chi connectivity index (χ0n) is 13.5. The van der Waals surface area contributed by atoms with Gasteiger partial charge in [-0.3, -0.25) is 0 Å². The molecule has 0 saturated heterocycles. The van der Waals surface area contributed by atoms with Crippen LogP contribution < -0.4 is 4.72 Å². The number of hydrogen-bond donors (Lipinski definition) is 1. The Bertz CT molecular complexity index is 738. The van der Waals surface area contributed by atoms with Gasteiger partial charge in [0.2, 0.25) is 0 Å². The molecule has 126 valence electrons. The Kier molecular flexibility index (Phi) is 6.26. The van der Waals surface area contributed by atoms with E-state index in [1.165, 1.54) is 11.6 Å². The minimum absolute atomic E-state index is 0.244. The van der Waals surface area contributed by atoms with Crippen molar-refractivity contribution in [2.45, 2.75) is 49.8 Å². The highest BCUT2D eigenvalue weighted by Gasteiger charge is 2.22. The fraction of sp³-hybridized carbons (Fsp3) is 0.412. The van der Waals surface area contributed by atoms with Crippen molar-refractivity contribution in [3.8, 4) is 0 Å². The van der Waals surface area contributed by atoms with Gasteiger partial charge in [0, 0.05) is 6.04 Å². The summed E-state index contributed by atoms with van der Waals surface area (Å²) >= 11 is 6.91. The second-order valence-corrected chi connectivity index (χ2v) is 9.27. The SMILES string of the molecule is CCC(C)c1ccc(C(CC)NS(=O)(=O)c2ccc(Cl)s2)cc1. The lowest BCUT2D eigenvalue weighted by Crippen LogP contribution is -2.27. The Hall–Kier alpha value is -0.880. The zero-order valence-corrected chi connectivity index (χ0v) is 15.9. The van der Waals surface area contributed by atoms with E-state index in [0.29, 0.717) is 16.7 Å². The van der Waals surface area contributed by atoms with Gasteiger partial charge in [0.25, 0.3) is 10.0 Å². The highest BCUT2D eigenvalue weighted by molar-refractivity contribution is 7.91. The minimum Gasteiger partial charge on any atom is -0.206 e. The molecule has 1 aromatic heterocycles. The molecule has 2 aromatic rings. The van der Waals surface area contributed by atoms with E-state index < -0.39 is 10.0 Å².